The van der Waals surface area contributed by atoms with Crippen LogP contribution in [0.3, 0.4) is 0 Å². The number of rotatable bonds is 2. The summed E-state index contributed by atoms with van der Waals surface area (Å²) in [6.07, 6.45) is 1.70. The van der Waals surface area contributed by atoms with Gasteiger partial charge in [-0.15, -0.1) is 0 Å². The van der Waals surface area contributed by atoms with Gasteiger partial charge in [0, 0.05) is 32.8 Å². The number of carbonyl (C=O) groups is 3. The van der Waals surface area contributed by atoms with Crippen molar-refractivity contribution in [2.45, 2.75) is 6.42 Å². The molecule has 0 bridgehead atoms. The van der Waals surface area contributed by atoms with Gasteiger partial charge in [0.15, 0.2) is 5.78 Å². The SMILES string of the molecule is COC(=O)C1CN(C(=O)c2ccnn2C)CCC1=O. The average Bonchev–Trinajstić information content (AvgIpc) is 2.84. The molecule has 0 N–H and O–H groups in total. The Labute approximate surface area is 110 Å². The lowest BCUT2D eigenvalue weighted by molar-refractivity contribution is -0.151. The van der Waals surface area contributed by atoms with Gasteiger partial charge >= 0.3 is 5.97 Å². The molecule has 1 amide bonds. The summed E-state index contributed by atoms with van der Waals surface area (Å²) in [5.74, 6) is -1.88. The minimum Gasteiger partial charge on any atom is -0.468 e. The summed E-state index contributed by atoms with van der Waals surface area (Å²) in [6, 6.07) is 1.60. The van der Waals surface area contributed by atoms with E-state index in [1.54, 1.807) is 13.1 Å². The van der Waals surface area contributed by atoms with Gasteiger partial charge in [0.05, 0.1) is 7.11 Å². The van der Waals surface area contributed by atoms with E-state index in [1.807, 2.05) is 0 Å². The van der Waals surface area contributed by atoms with E-state index < -0.39 is 11.9 Å². The van der Waals surface area contributed by atoms with Gasteiger partial charge in [-0.05, 0) is 6.07 Å². The number of ketones is 1. The van der Waals surface area contributed by atoms with Crippen molar-refractivity contribution in [1.29, 1.82) is 0 Å². The number of ether oxygens (including phenoxy) is 1. The van der Waals surface area contributed by atoms with Crippen LogP contribution < -0.4 is 0 Å². The number of Topliss-reactive ketones (excluding diaryl/α,β-unsaturated/α-hetero) is 1. The largest absolute Gasteiger partial charge is 0.468 e. The Morgan fingerprint density at radius 1 is 1.47 bits per heavy atom. The second kappa shape index (κ2) is 5.21. The van der Waals surface area contributed by atoms with Crippen LogP contribution in [-0.2, 0) is 21.4 Å². The first-order valence-electron chi connectivity index (χ1n) is 5.92. The molecule has 7 heteroatoms. The van der Waals surface area contributed by atoms with Crippen LogP contribution in [0.15, 0.2) is 12.3 Å². The maximum Gasteiger partial charge on any atom is 0.318 e. The molecule has 1 aliphatic heterocycles. The van der Waals surface area contributed by atoms with Gasteiger partial charge in [-0.25, -0.2) is 0 Å². The lowest BCUT2D eigenvalue weighted by Crippen LogP contribution is -2.47. The number of piperidine rings is 1. The summed E-state index contributed by atoms with van der Waals surface area (Å²) in [7, 11) is 2.90. The second-order valence-electron chi connectivity index (χ2n) is 4.38. The Kier molecular flexibility index (Phi) is 3.64. The number of likely N-dealkylation sites (tertiary alicyclic amines) is 1. The molecular weight excluding hydrogens is 250 g/mol. The summed E-state index contributed by atoms with van der Waals surface area (Å²) < 4.78 is 6.05. The average molecular weight is 265 g/mol. The number of amides is 1. The summed E-state index contributed by atoms with van der Waals surface area (Å²) >= 11 is 0. The fourth-order valence-corrected chi connectivity index (χ4v) is 2.11. The predicted molar refractivity (Wildman–Crippen MR) is 64.2 cm³/mol. The summed E-state index contributed by atoms with van der Waals surface area (Å²) in [4.78, 5) is 36.9. The second-order valence-corrected chi connectivity index (χ2v) is 4.38. The highest BCUT2D eigenvalue weighted by atomic mass is 16.5. The van der Waals surface area contributed by atoms with Crippen LogP contribution in [0.2, 0.25) is 0 Å². The first-order chi connectivity index (χ1) is 9.04. The third-order valence-corrected chi connectivity index (χ3v) is 3.23. The van der Waals surface area contributed by atoms with Gasteiger partial charge in [-0.2, -0.15) is 5.10 Å². The summed E-state index contributed by atoms with van der Waals surface area (Å²) in [5, 5.41) is 3.93. The molecule has 2 heterocycles. The number of methoxy groups -OCH3 is 1. The Balaban J connectivity index is 2.14. The highest BCUT2D eigenvalue weighted by molar-refractivity contribution is 6.02. The zero-order valence-electron chi connectivity index (χ0n) is 10.8. The molecule has 0 aromatic carbocycles. The van der Waals surface area contributed by atoms with Crippen LogP contribution in [0.5, 0.6) is 0 Å². The molecule has 7 nitrogen and oxygen atoms in total. The molecule has 2 rings (SSSR count). The summed E-state index contributed by atoms with van der Waals surface area (Å²) in [5.41, 5.74) is 0.429. The number of hydrogen-bond donors (Lipinski definition) is 0. The zero-order valence-corrected chi connectivity index (χ0v) is 10.8. The van der Waals surface area contributed by atoms with Crippen molar-refractivity contribution in [1.82, 2.24) is 14.7 Å². The van der Waals surface area contributed by atoms with Crippen molar-refractivity contribution < 1.29 is 19.1 Å². The van der Waals surface area contributed by atoms with Crippen molar-refractivity contribution >= 4 is 17.7 Å². The van der Waals surface area contributed by atoms with E-state index in [4.69, 9.17) is 0 Å². The van der Waals surface area contributed by atoms with Crippen molar-refractivity contribution in [2.75, 3.05) is 20.2 Å². The van der Waals surface area contributed by atoms with Crippen molar-refractivity contribution in [2.24, 2.45) is 13.0 Å². The molecule has 0 spiro atoms. The third kappa shape index (κ3) is 2.49. The molecule has 102 valence electrons. The van der Waals surface area contributed by atoms with E-state index >= 15 is 0 Å². The molecular formula is C12H15N3O4. The number of nitrogens with zero attached hydrogens (tertiary/aromatic N) is 3. The van der Waals surface area contributed by atoms with E-state index in [2.05, 4.69) is 9.84 Å². The van der Waals surface area contributed by atoms with Crippen LogP contribution in [-0.4, -0.2) is 52.5 Å². The lowest BCUT2D eigenvalue weighted by atomic mass is 9.96. The molecule has 1 atom stereocenters. The molecule has 1 aliphatic rings. The molecule has 1 saturated heterocycles. The number of esters is 1. The zero-order chi connectivity index (χ0) is 14.0. The van der Waals surface area contributed by atoms with Crippen LogP contribution >= 0.6 is 0 Å². The fourth-order valence-electron chi connectivity index (χ4n) is 2.11. The van der Waals surface area contributed by atoms with E-state index in [0.717, 1.165) is 0 Å². The molecule has 1 aromatic heterocycles. The van der Waals surface area contributed by atoms with Crippen molar-refractivity contribution in [3.8, 4) is 0 Å². The minimum absolute atomic E-state index is 0.0650. The van der Waals surface area contributed by atoms with Gasteiger partial charge in [-0.1, -0.05) is 0 Å². The van der Waals surface area contributed by atoms with Crippen molar-refractivity contribution in [3.63, 3.8) is 0 Å². The number of carbonyl (C=O) groups excluding carboxylic acids is 3. The lowest BCUT2D eigenvalue weighted by Gasteiger charge is -2.30. The highest BCUT2D eigenvalue weighted by Crippen LogP contribution is 2.16. The molecule has 19 heavy (non-hydrogen) atoms. The fraction of sp³-hybridized carbons (Fsp3) is 0.500. The van der Waals surface area contributed by atoms with Crippen molar-refractivity contribution in [3.05, 3.63) is 18.0 Å². The maximum atomic E-state index is 12.2. The Morgan fingerprint density at radius 2 is 2.21 bits per heavy atom. The standard InChI is InChI=1S/C12H15N3O4/c1-14-9(3-5-13-14)11(17)15-6-4-10(16)8(7-15)12(18)19-2/h3,5,8H,4,6-7H2,1-2H3. The summed E-state index contributed by atoms with van der Waals surface area (Å²) in [6.45, 7) is 0.381. The van der Waals surface area contributed by atoms with Gasteiger partial charge in [-0.3, -0.25) is 19.1 Å². The smallest absolute Gasteiger partial charge is 0.318 e. The number of aromatic nitrogens is 2. The van der Waals surface area contributed by atoms with E-state index in [0.29, 0.717) is 12.2 Å². The van der Waals surface area contributed by atoms with Gasteiger partial charge in [0.1, 0.15) is 11.6 Å². The van der Waals surface area contributed by atoms with Gasteiger partial charge in [0.25, 0.3) is 5.91 Å². The number of aryl methyl sites for hydroxylation is 1. The molecule has 0 aliphatic carbocycles. The first kappa shape index (κ1) is 13.3. The van der Waals surface area contributed by atoms with E-state index in [9.17, 15) is 14.4 Å². The van der Waals surface area contributed by atoms with Crippen LogP contribution in [0.4, 0.5) is 0 Å². The molecule has 1 aromatic rings. The van der Waals surface area contributed by atoms with Crippen LogP contribution in [0.25, 0.3) is 0 Å². The molecule has 0 saturated carbocycles. The van der Waals surface area contributed by atoms with E-state index in [-0.39, 0.29) is 24.7 Å². The Hall–Kier alpha value is -2.18. The Morgan fingerprint density at radius 3 is 2.79 bits per heavy atom. The van der Waals surface area contributed by atoms with Crippen LogP contribution in [0, 0.1) is 5.92 Å². The first-order valence-corrected chi connectivity index (χ1v) is 5.92. The molecule has 0 radical (unpaired) electrons. The normalized spacial score (nSPS) is 19.4. The number of hydrogen-bond acceptors (Lipinski definition) is 5. The minimum atomic E-state index is -0.879. The molecule has 1 unspecified atom stereocenters. The van der Waals surface area contributed by atoms with Gasteiger partial charge < -0.3 is 9.64 Å². The highest BCUT2D eigenvalue weighted by Gasteiger charge is 2.36. The molecule has 1 fully saturated rings. The third-order valence-electron chi connectivity index (χ3n) is 3.23. The quantitative estimate of drug-likeness (QED) is 0.538. The predicted octanol–water partition coefficient (Wildman–Crippen LogP) is -0.376. The monoisotopic (exact) mass is 265 g/mol. The topological polar surface area (TPSA) is 81.5 Å². The van der Waals surface area contributed by atoms with E-state index in [1.165, 1.54) is 22.9 Å². The maximum absolute atomic E-state index is 12.2. The van der Waals surface area contributed by atoms with Crippen LogP contribution in [0.1, 0.15) is 16.9 Å². The Bertz CT molecular complexity index is 515. The van der Waals surface area contributed by atoms with Gasteiger partial charge in [0.2, 0.25) is 0 Å².